The van der Waals surface area contributed by atoms with Gasteiger partial charge in [0, 0.05) is 0 Å². The lowest BCUT2D eigenvalue weighted by molar-refractivity contribution is -0.144. The molecule has 0 aliphatic heterocycles. The quantitative estimate of drug-likeness (QED) is 0.354. The van der Waals surface area contributed by atoms with E-state index in [0.717, 1.165) is 21.5 Å². The Labute approximate surface area is 170 Å². The lowest BCUT2D eigenvalue weighted by Crippen LogP contribution is -2.42. The Balaban J connectivity index is 1.92. The molecule has 2 aromatic heterocycles. The van der Waals surface area contributed by atoms with Gasteiger partial charge in [0.25, 0.3) is 0 Å². The van der Waals surface area contributed by atoms with E-state index >= 15 is 0 Å². The van der Waals surface area contributed by atoms with Crippen LogP contribution < -0.4 is 15.9 Å². The van der Waals surface area contributed by atoms with Crippen LogP contribution in [0.1, 0.15) is 12.5 Å². The Kier molecular flexibility index (Phi) is 5.09. The number of aromatic nitrogens is 4. The van der Waals surface area contributed by atoms with E-state index in [2.05, 4.69) is 5.10 Å². The standard InChI is InChI=1S/C21H20N4O5/c1-3-30-18(26)13-24-19(27)20(28)25-17-7-5-4-6-16(17)23(21(25)22-24)12-14-8-10-15(29-2)11-9-14/h4-11H,3,12-13H2,1-2H3. The van der Waals surface area contributed by atoms with E-state index in [1.807, 2.05) is 41.0 Å². The number of nitrogens with zero attached hydrogens (tertiary/aromatic N) is 4. The summed E-state index contributed by atoms with van der Waals surface area (Å²) in [5.74, 6) is 0.369. The molecule has 0 N–H and O–H groups in total. The first-order valence-corrected chi connectivity index (χ1v) is 9.43. The summed E-state index contributed by atoms with van der Waals surface area (Å²) in [6.45, 7) is 1.82. The third-order valence-electron chi connectivity index (χ3n) is 4.77. The molecule has 0 fully saturated rings. The highest BCUT2D eigenvalue weighted by molar-refractivity contribution is 5.80. The monoisotopic (exact) mass is 408 g/mol. The van der Waals surface area contributed by atoms with Crippen LogP contribution in [0, 0.1) is 0 Å². The summed E-state index contributed by atoms with van der Waals surface area (Å²) in [6.07, 6.45) is 0. The number of para-hydroxylation sites is 2. The smallest absolute Gasteiger partial charge is 0.333 e. The van der Waals surface area contributed by atoms with E-state index in [-0.39, 0.29) is 12.4 Å². The molecule has 0 atom stereocenters. The second-order valence-corrected chi connectivity index (χ2v) is 6.63. The topological polar surface area (TPSA) is 96.8 Å². The highest BCUT2D eigenvalue weighted by Crippen LogP contribution is 2.20. The Bertz CT molecular complexity index is 1350. The second-order valence-electron chi connectivity index (χ2n) is 6.63. The lowest BCUT2D eigenvalue weighted by atomic mass is 10.2. The number of rotatable bonds is 6. The fraction of sp³-hybridized carbons (Fsp3) is 0.238. The number of ether oxygens (including phenoxy) is 2. The summed E-state index contributed by atoms with van der Waals surface area (Å²) in [5, 5.41) is 4.33. The molecule has 9 heteroatoms. The van der Waals surface area contributed by atoms with Crippen molar-refractivity contribution in [2.75, 3.05) is 13.7 Å². The van der Waals surface area contributed by atoms with Gasteiger partial charge >= 0.3 is 17.1 Å². The second kappa shape index (κ2) is 7.86. The number of carbonyl (C=O) groups is 1. The summed E-state index contributed by atoms with van der Waals surface area (Å²) in [7, 11) is 1.60. The first-order valence-electron chi connectivity index (χ1n) is 9.43. The minimum absolute atomic E-state index is 0.173. The van der Waals surface area contributed by atoms with Gasteiger partial charge in [0.15, 0.2) is 0 Å². The molecule has 0 unspecified atom stereocenters. The molecule has 2 aromatic carbocycles. The van der Waals surface area contributed by atoms with Gasteiger partial charge in [-0.3, -0.25) is 14.4 Å². The van der Waals surface area contributed by atoms with Crippen LogP contribution in [-0.2, 0) is 22.6 Å². The first kappa shape index (κ1) is 19.4. The van der Waals surface area contributed by atoms with Gasteiger partial charge in [-0.1, -0.05) is 24.3 Å². The molecule has 0 bridgehead atoms. The minimum atomic E-state index is -0.882. The van der Waals surface area contributed by atoms with Crippen molar-refractivity contribution in [3.8, 4) is 5.75 Å². The maximum atomic E-state index is 12.9. The van der Waals surface area contributed by atoms with Gasteiger partial charge in [0.05, 0.1) is 31.3 Å². The summed E-state index contributed by atoms with van der Waals surface area (Å²) in [6, 6.07) is 14.8. The summed E-state index contributed by atoms with van der Waals surface area (Å²) < 4.78 is 14.1. The van der Waals surface area contributed by atoms with Crippen LogP contribution in [0.25, 0.3) is 16.8 Å². The fourth-order valence-corrected chi connectivity index (χ4v) is 3.38. The molecule has 0 spiro atoms. The zero-order chi connectivity index (χ0) is 21.3. The molecule has 154 valence electrons. The van der Waals surface area contributed by atoms with Crippen molar-refractivity contribution in [1.29, 1.82) is 0 Å². The van der Waals surface area contributed by atoms with Crippen LogP contribution in [0.2, 0.25) is 0 Å². The number of methoxy groups -OCH3 is 1. The van der Waals surface area contributed by atoms with Crippen molar-refractivity contribution in [2.45, 2.75) is 20.0 Å². The van der Waals surface area contributed by atoms with Crippen molar-refractivity contribution < 1.29 is 14.3 Å². The third kappa shape index (κ3) is 3.34. The average Bonchev–Trinajstić information content (AvgIpc) is 3.06. The van der Waals surface area contributed by atoms with Crippen molar-refractivity contribution in [1.82, 2.24) is 18.7 Å². The molecule has 0 amide bonds. The van der Waals surface area contributed by atoms with Gasteiger partial charge in [-0.2, -0.15) is 0 Å². The number of hydrogen-bond acceptors (Lipinski definition) is 6. The van der Waals surface area contributed by atoms with Gasteiger partial charge in [-0.05, 0) is 36.8 Å². The van der Waals surface area contributed by atoms with Crippen molar-refractivity contribution in [3.05, 3.63) is 74.8 Å². The normalized spacial score (nSPS) is 11.1. The van der Waals surface area contributed by atoms with Crippen LogP contribution in [0.5, 0.6) is 5.75 Å². The lowest BCUT2D eigenvalue weighted by Gasteiger charge is -2.09. The Morgan fingerprint density at radius 2 is 1.70 bits per heavy atom. The van der Waals surface area contributed by atoms with E-state index in [1.165, 1.54) is 4.40 Å². The average molecular weight is 408 g/mol. The van der Waals surface area contributed by atoms with E-state index in [1.54, 1.807) is 26.2 Å². The van der Waals surface area contributed by atoms with E-state index in [9.17, 15) is 14.4 Å². The number of fused-ring (bicyclic) bond motifs is 3. The maximum Gasteiger partial charge on any atom is 0.333 e. The molecule has 0 aliphatic rings. The SMILES string of the molecule is CCOC(=O)Cn1nc2n(Cc3ccc(OC)cc3)c3ccccc3n2c(=O)c1=O. The Morgan fingerprint density at radius 1 is 1.00 bits per heavy atom. The Morgan fingerprint density at radius 3 is 2.37 bits per heavy atom. The van der Waals surface area contributed by atoms with Crippen LogP contribution in [-0.4, -0.2) is 38.4 Å². The van der Waals surface area contributed by atoms with Crippen LogP contribution in [0.4, 0.5) is 0 Å². The largest absolute Gasteiger partial charge is 0.497 e. The predicted molar refractivity (Wildman–Crippen MR) is 110 cm³/mol. The number of carbonyl (C=O) groups excluding carboxylic acids is 1. The highest BCUT2D eigenvalue weighted by Gasteiger charge is 2.19. The van der Waals surface area contributed by atoms with Crippen LogP contribution >= 0.6 is 0 Å². The number of benzene rings is 2. The van der Waals surface area contributed by atoms with E-state index in [4.69, 9.17) is 9.47 Å². The Hall–Kier alpha value is -3.88. The summed E-state index contributed by atoms with van der Waals surface area (Å²) >= 11 is 0. The molecule has 30 heavy (non-hydrogen) atoms. The molecule has 9 nitrogen and oxygen atoms in total. The molecule has 4 aromatic rings. The third-order valence-corrected chi connectivity index (χ3v) is 4.77. The van der Waals surface area contributed by atoms with Gasteiger partial charge < -0.3 is 14.0 Å². The van der Waals surface area contributed by atoms with Crippen LogP contribution in [0.15, 0.2) is 58.1 Å². The minimum Gasteiger partial charge on any atom is -0.497 e. The number of imidazole rings is 1. The van der Waals surface area contributed by atoms with E-state index < -0.39 is 23.6 Å². The van der Waals surface area contributed by atoms with Gasteiger partial charge in [-0.15, -0.1) is 5.10 Å². The maximum absolute atomic E-state index is 12.9. The molecular formula is C21H20N4O5. The molecular weight excluding hydrogens is 388 g/mol. The molecule has 0 aliphatic carbocycles. The van der Waals surface area contributed by atoms with Crippen molar-refractivity contribution >= 4 is 22.8 Å². The zero-order valence-corrected chi connectivity index (χ0v) is 16.6. The number of hydrogen-bond donors (Lipinski definition) is 0. The number of esters is 1. The molecule has 0 saturated carbocycles. The highest BCUT2D eigenvalue weighted by atomic mass is 16.5. The summed E-state index contributed by atoms with van der Waals surface area (Å²) in [5.41, 5.74) is 0.614. The predicted octanol–water partition coefficient (Wildman–Crippen LogP) is 1.43. The summed E-state index contributed by atoms with van der Waals surface area (Å²) in [4.78, 5) is 37.3. The van der Waals surface area contributed by atoms with Crippen molar-refractivity contribution in [3.63, 3.8) is 0 Å². The molecule has 2 heterocycles. The van der Waals surface area contributed by atoms with Crippen LogP contribution in [0.3, 0.4) is 0 Å². The van der Waals surface area contributed by atoms with Gasteiger partial charge in [0.2, 0.25) is 5.78 Å². The van der Waals surface area contributed by atoms with E-state index in [0.29, 0.717) is 12.1 Å². The first-order chi connectivity index (χ1) is 14.5. The van der Waals surface area contributed by atoms with Crippen molar-refractivity contribution in [2.24, 2.45) is 0 Å². The molecule has 4 rings (SSSR count). The fourth-order valence-electron chi connectivity index (χ4n) is 3.38. The molecule has 0 radical (unpaired) electrons. The zero-order valence-electron chi connectivity index (χ0n) is 16.6. The van der Waals surface area contributed by atoms with Gasteiger partial charge in [0.1, 0.15) is 12.3 Å². The van der Waals surface area contributed by atoms with Gasteiger partial charge in [-0.25, -0.2) is 9.08 Å². The molecule has 0 saturated heterocycles.